The van der Waals surface area contributed by atoms with Gasteiger partial charge in [0.2, 0.25) is 0 Å². The SMILES string of the molecule is CO.C[O-].O=C([O-])c1cccc(C(=O)[O-])n1.[O-2].[V]. The van der Waals surface area contributed by atoms with Gasteiger partial charge in [0.25, 0.3) is 0 Å². The summed E-state index contributed by atoms with van der Waals surface area (Å²) in [5, 5.41) is 35.6. The van der Waals surface area contributed by atoms with E-state index in [2.05, 4.69) is 4.98 Å². The molecule has 0 spiro atoms. The molecule has 1 heterocycles. The molecule has 1 aromatic heterocycles. The van der Waals surface area contributed by atoms with Gasteiger partial charge in [0.1, 0.15) is 0 Å². The third-order valence-corrected chi connectivity index (χ3v) is 1.17. The first kappa shape index (κ1) is 25.4. The first-order valence-electron chi connectivity index (χ1n) is 3.86. The summed E-state index contributed by atoms with van der Waals surface area (Å²) < 4.78 is 0. The van der Waals surface area contributed by atoms with Gasteiger partial charge in [-0.2, -0.15) is 7.11 Å². The van der Waals surface area contributed by atoms with Gasteiger partial charge in [-0.25, -0.2) is 4.98 Å². The van der Waals surface area contributed by atoms with E-state index in [-0.39, 0.29) is 24.0 Å². The standard InChI is InChI=1S/C7H5NO4.CH4O.CH3O.O.V/c9-6(10)4-2-1-3-5(8-4)7(11)12;2*1-2;;/h1-3H,(H,9,10)(H,11,12);2H,1H3;1H3;;/q;;-1;-2;/p-2. The van der Waals surface area contributed by atoms with Crippen molar-refractivity contribution in [1.29, 1.82) is 0 Å². The average Bonchev–Trinajstić information content (AvgIpc) is 2.34. The topological polar surface area (TPSA) is 165 Å². The molecule has 1 aromatic rings. The maximum absolute atomic E-state index is 10.2. The summed E-state index contributed by atoms with van der Waals surface area (Å²) in [7, 11) is 1.75. The van der Waals surface area contributed by atoms with Crippen LogP contribution >= 0.6 is 0 Å². The Morgan fingerprint density at radius 3 is 1.56 bits per heavy atom. The molecular weight excluding hydrogens is 285 g/mol. The Morgan fingerprint density at radius 2 is 1.33 bits per heavy atom. The van der Waals surface area contributed by atoms with E-state index in [4.69, 9.17) is 10.2 Å². The average molecular weight is 295 g/mol. The molecule has 9 heteroatoms. The van der Waals surface area contributed by atoms with Gasteiger partial charge in [-0.3, -0.25) is 0 Å². The molecule has 18 heavy (non-hydrogen) atoms. The summed E-state index contributed by atoms with van der Waals surface area (Å²) in [4.78, 5) is 23.6. The van der Waals surface area contributed by atoms with Crippen molar-refractivity contribution in [3.05, 3.63) is 29.6 Å². The quantitative estimate of drug-likeness (QED) is 0.585. The van der Waals surface area contributed by atoms with Crippen LogP contribution in [0.1, 0.15) is 21.0 Å². The van der Waals surface area contributed by atoms with Crippen LogP contribution in [0.25, 0.3) is 0 Å². The van der Waals surface area contributed by atoms with E-state index in [0.717, 1.165) is 26.4 Å². The monoisotopic (exact) mass is 295 g/mol. The number of carboxylic acid groups (broad SMARTS) is 2. The number of carbonyl (C=O) groups excluding carboxylic acids is 2. The molecule has 1 N–H and O–H groups in total. The second kappa shape index (κ2) is 15.6. The number of aromatic carboxylic acids is 2. The van der Waals surface area contributed by atoms with E-state index >= 15 is 0 Å². The molecule has 0 atom stereocenters. The van der Waals surface area contributed by atoms with Crippen molar-refractivity contribution in [2.24, 2.45) is 0 Å². The summed E-state index contributed by atoms with van der Waals surface area (Å²) in [5.41, 5.74) is -0.839. The Kier molecular flexibility index (Phi) is 22.0. The minimum atomic E-state index is -1.52. The summed E-state index contributed by atoms with van der Waals surface area (Å²) in [6.45, 7) is 0. The predicted octanol–water partition coefficient (Wildman–Crippen LogP) is -3.73. The van der Waals surface area contributed by atoms with E-state index in [0.29, 0.717) is 0 Å². The van der Waals surface area contributed by atoms with E-state index < -0.39 is 23.3 Å². The van der Waals surface area contributed by atoms with Gasteiger partial charge in [-0.05, 0) is 12.1 Å². The number of nitrogens with zero attached hydrogens (tertiary/aromatic N) is 1. The van der Waals surface area contributed by atoms with Crippen molar-refractivity contribution >= 4 is 11.9 Å². The van der Waals surface area contributed by atoms with Crippen LogP contribution < -0.4 is 15.3 Å². The van der Waals surface area contributed by atoms with Crippen molar-refractivity contribution in [2.45, 2.75) is 0 Å². The zero-order chi connectivity index (χ0) is 13.1. The smallest absolute Gasteiger partial charge is 0.0900 e. The van der Waals surface area contributed by atoms with Gasteiger partial charge >= 0.3 is 0 Å². The zero-order valence-corrected chi connectivity index (χ0v) is 10.9. The molecule has 0 aliphatic carbocycles. The van der Waals surface area contributed by atoms with Crippen molar-refractivity contribution in [2.75, 3.05) is 14.2 Å². The van der Waals surface area contributed by atoms with Crippen LogP contribution in [0.15, 0.2) is 18.2 Å². The predicted molar refractivity (Wildman–Crippen MR) is 47.7 cm³/mol. The molecule has 0 saturated carbocycles. The number of aliphatic hydroxyl groups excluding tert-OH is 1. The molecule has 0 bridgehead atoms. The first-order chi connectivity index (χ1) is 7.61. The zero-order valence-electron chi connectivity index (χ0n) is 9.52. The van der Waals surface area contributed by atoms with Crippen LogP contribution in [-0.2, 0) is 24.0 Å². The maximum atomic E-state index is 10.2. The van der Waals surface area contributed by atoms with Crippen molar-refractivity contribution in [1.82, 2.24) is 4.98 Å². The van der Waals surface area contributed by atoms with Crippen LogP contribution in [0.5, 0.6) is 0 Å². The number of rotatable bonds is 2. The third-order valence-electron chi connectivity index (χ3n) is 1.17. The third kappa shape index (κ3) is 9.76. The molecule has 8 nitrogen and oxygen atoms in total. The van der Waals surface area contributed by atoms with Gasteiger partial charge in [0.05, 0.1) is 23.3 Å². The Morgan fingerprint density at radius 1 is 1.06 bits per heavy atom. The molecule has 0 fully saturated rings. The first-order valence-corrected chi connectivity index (χ1v) is 3.86. The summed E-state index contributed by atoms with van der Waals surface area (Å²) in [6.07, 6.45) is 0. The van der Waals surface area contributed by atoms with Gasteiger partial charge in [0.15, 0.2) is 0 Å². The fourth-order valence-corrected chi connectivity index (χ4v) is 0.662. The Bertz CT molecular complexity index is 316. The molecule has 0 aliphatic heterocycles. The number of hydrogen-bond acceptors (Lipinski definition) is 7. The molecular formula is C9H10NO7V-5. The maximum Gasteiger partial charge on any atom is 0.0900 e. The van der Waals surface area contributed by atoms with Crippen LogP contribution in [0.3, 0.4) is 0 Å². The van der Waals surface area contributed by atoms with E-state index in [1.807, 2.05) is 0 Å². The van der Waals surface area contributed by atoms with Crippen molar-refractivity contribution in [3.63, 3.8) is 0 Å². The summed E-state index contributed by atoms with van der Waals surface area (Å²) in [6, 6.07) is 3.53. The normalized spacial score (nSPS) is 6.89. The molecule has 103 valence electrons. The number of hydrogen-bond donors (Lipinski definition) is 1. The van der Waals surface area contributed by atoms with Crippen molar-refractivity contribution in [3.8, 4) is 0 Å². The second-order valence-corrected chi connectivity index (χ2v) is 1.98. The Balaban J connectivity index is -0.000000149. The van der Waals surface area contributed by atoms with Gasteiger partial charge in [-0.1, -0.05) is 6.07 Å². The van der Waals surface area contributed by atoms with Crippen molar-refractivity contribution < 1.29 is 54.0 Å². The second-order valence-electron chi connectivity index (χ2n) is 1.98. The van der Waals surface area contributed by atoms with Crippen LogP contribution in [0.2, 0.25) is 0 Å². The summed E-state index contributed by atoms with van der Waals surface area (Å²) >= 11 is 0. The van der Waals surface area contributed by atoms with Crippen LogP contribution in [-0.4, -0.2) is 36.2 Å². The molecule has 0 aliphatic rings. The number of carboxylic acids is 2. The van der Waals surface area contributed by atoms with Crippen LogP contribution in [0, 0.1) is 0 Å². The molecule has 0 unspecified atom stereocenters. The van der Waals surface area contributed by atoms with E-state index in [9.17, 15) is 19.8 Å². The van der Waals surface area contributed by atoms with E-state index in [1.165, 1.54) is 6.07 Å². The largest absolute Gasteiger partial charge is 2.00 e. The fraction of sp³-hybridized carbons (Fsp3) is 0.222. The molecule has 1 rings (SSSR count). The van der Waals surface area contributed by atoms with Gasteiger partial charge in [-0.15, -0.1) is 0 Å². The summed E-state index contributed by atoms with van der Waals surface area (Å²) in [5.74, 6) is -3.03. The van der Waals surface area contributed by atoms with Gasteiger partial charge < -0.3 is 35.5 Å². The Hall–Kier alpha value is -1.45. The van der Waals surface area contributed by atoms with Gasteiger partial charge in [0, 0.05) is 25.7 Å². The molecule has 1 radical (unpaired) electrons. The van der Waals surface area contributed by atoms with E-state index in [1.54, 1.807) is 0 Å². The molecule has 0 saturated heterocycles. The Labute approximate surface area is 115 Å². The van der Waals surface area contributed by atoms with Crippen LogP contribution in [0.4, 0.5) is 0 Å². The number of pyridine rings is 1. The fourth-order valence-electron chi connectivity index (χ4n) is 0.662. The molecule has 0 aromatic carbocycles. The minimum Gasteiger partial charge on any atom is -2.00 e. The molecule has 0 amide bonds. The number of aromatic nitrogens is 1. The number of carbonyl (C=O) groups is 2. The number of aliphatic hydroxyl groups is 1. The minimum absolute atomic E-state index is 0.